The number of rotatable bonds is 3. The van der Waals surface area contributed by atoms with E-state index in [0.717, 1.165) is 34.9 Å². The molecule has 1 aromatic heterocycles. The van der Waals surface area contributed by atoms with Crippen LogP contribution >= 0.6 is 22.9 Å². The largest absolute Gasteiger partial charge is 0.340 e. The number of thiophene rings is 1. The van der Waals surface area contributed by atoms with E-state index in [2.05, 4.69) is 0 Å². The third kappa shape index (κ3) is 3.50. The first kappa shape index (κ1) is 14.8. The molecule has 1 amide bonds. The normalized spacial score (nSPS) is 27.3. The van der Waals surface area contributed by atoms with Gasteiger partial charge in [0, 0.05) is 17.5 Å². The third-order valence-corrected chi connectivity index (χ3v) is 5.17. The maximum absolute atomic E-state index is 12.5. The molecule has 106 valence electrons. The SMILES string of the molecule is CN(Cc1ccc(Cl)s1)C(=O)C1CCCCC1(C)N. The molecule has 1 aliphatic rings. The number of halogens is 1. The van der Waals surface area contributed by atoms with Crippen LogP contribution in [0.4, 0.5) is 0 Å². The monoisotopic (exact) mass is 300 g/mol. The van der Waals surface area contributed by atoms with E-state index in [1.807, 2.05) is 26.1 Å². The molecule has 0 saturated heterocycles. The summed E-state index contributed by atoms with van der Waals surface area (Å²) in [7, 11) is 1.85. The highest BCUT2D eigenvalue weighted by atomic mass is 35.5. The van der Waals surface area contributed by atoms with Gasteiger partial charge in [0.2, 0.25) is 5.91 Å². The zero-order chi connectivity index (χ0) is 14.0. The molecule has 1 saturated carbocycles. The van der Waals surface area contributed by atoms with Gasteiger partial charge in [0.25, 0.3) is 0 Å². The van der Waals surface area contributed by atoms with Gasteiger partial charge in [-0.15, -0.1) is 11.3 Å². The van der Waals surface area contributed by atoms with Gasteiger partial charge in [-0.05, 0) is 31.9 Å². The standard InChI is InChI=1S/C14H21ClN2OS/c1-14(16)8-4-3-5-11(14)13(18)17(2)9-10-6-7-12(15)19-10/h6-7,11H,3-5,8-9,16H2,1-2H3. The molecule has 1 fully saturated rings. The van der Waals surface area contributed by atoms with Crippen molar-refractivity contribution < 1.29 is 4.79 Å². The fraction of sp³-hybridized carbons (Fsp3) is 0.643. The van der Waals surface area contributed by atoms with Crippen LogP contribution in [-0.4, -0.2) is 23.4 Å². The van der Waals surface area contributed by atoms with Gasteiger partial charge in [-0.1, -0.05) is 24.4 Å². The van der Waals surface area contributed by atoms with Gasteiger partial charge in [0.1, 0.15) is 0 Å². The lowest BCUT2D eigenvalue weighted by atomic mass is 9.74. The Labute approximate surface area is 123 Å². The predicted octanol–water partition coefficient (Wildman–Crippen LogP) is 3.27. The second-order valence-electron chi connectivity index (χ2n) is 5.70. The van der Waals surface area contributed by atoms with Crippen LogP contribution in [0.5, 0.6) is 0 Å². The molecule has 0 aromatic carbocycles. The van der Waals surface area contributed by atoms with Crippen LogP contribution in [0.25, 0.3) is 0 Å². The van der Waals surface area contributed by atoms with Crippen LogP contribution in [0.3, 0.4) is 0 Å². The van der Waals surface area contributed by atoms with E-state index in [0.29, 0.717) is 6.54 Å². The van der Waals surface area contributed by atoms with E-state index in [1.54, 1.807) is 4.90 Å². The summed E-state index contributed by atoms with van der Waals surface area (Å²) in [5.41, 5.74) is 5.93. The zero-order valence-corrected chi connectivity index (χ0v) is 13.1. The molecule has 5 heteroatoms. The molecule has 0 spiro atoms. The molecular formula is C14H21ClN2OS. The number of carbonyl (C=O) groups is 1. The van der Waals surface area contributed by atoms with Crippen molar-refractivity contribution in [2.45, 2.75) is 44.7 Å². The first-order chi connectivity index (χ1) is 8.90. The number of nitrogens with two attached hydrogens (primary N) is 1. The molecule has 2 rings (SSSR count). The fourth-order valence-corrected chi connectivity index (χ4v) is 3.92. The average Bonchev–Trinajstić information content (AvgIpc) is 2.73. The number of amides is 1. The summed E-state index contributed by atoms with van der Waals surface area (Å²) in [5, 5.41) is 0. The first-order valence-corrected chi connectivity index (χ1v) is 7.87. The van der Waals surface area contributed by atoms with Crippen LogP contribution in [0.1, 0.15) is 37.5 Å². The fourth-order valence-electron chi connectivity index (χ4n) is 2.78. The van der Waals surface area contributed by atoms with Crippen LogP contribution in [0.2, 0.25) is 4.34 Å². The summed E-state index contributed by atoms with van der Waals surface area (Å²) >= 11 is 7.43. The molecule has 1 aliphatic carbocycles. The highest BCUT2D eigenvalue weighted by Gasteiger charge is 2.39. The Morgan fingerprint density at radius 1 is 1.58 bits per heavy atom. The van der Waals surface area contributed by atoms with Crippen LogP contribution in [0, 0.1) is 5.92 Å². The lowest BCUT2D eigenvalue weighted by Crippen LogP contribution is -2.52. The minimum Gasteiger partial charge on any atom is -0.340 e. The molecule has 2 N–H and O–H groups in total. The van der Waals surface area contributed by atoms with E-state index in [1.165, 1.54) is 11.3 Å². The Hall–Kier alpha value is -0.580. The van der Waals surface area contributed by atoms with Crippen molar-refractivity contribution >= 4 is 28.8 Å². The summed E-state index contributed by atoms with van der Waals surface area (Å²) in [4.78, 5) is 15.4. The Morgan fingerprint density at radius 3 is 2.89 bits per heavy atom. The number of hydrogen-bond donors (Lipinski definition) is 1. The van der Waals surface area contributed by atoms with Crippen molar-refractivity contribution in [1.29, 1.82) is 0 Å². The summed E-state index contributed by atoms with van der Waals surface area (Å²) in [6, 6.07) is 3.84. The van der Waals surface area contributed by atoms with Gasteiger partial charge in [-0.25, -0.2) is 0 Å². The first-order valence-electron chi connectivity index (χ1n) is 6.68. The second kappa shape index (κ2) is 5.81. The highest BCUT2D eigenvalue weighted by Crippen LogP contribution is 2.33. The maximum Gasteiger partial charge on any atom is 0.227 e. The quantitative estimate of drug-likeness (QED) is 0.931. The summed E-state index contributed by atoms with van der Waals surface area (Å²) in [6.45, 7) is 2.62. The number of carbonyl (C=O) groups excluding carboxylic acids is 1. The molecule has 0 aliphatic heterocycles. The van der Waals surface area contributed by atoms with Gasteiger partial charge in [0.15, 0.2) is 0 Å². The van der Waals surface area contributed by atoms with E-state index < -0.39 is 0 Å². The number of hydrogen-bond acceptors (Lipinski definition) is 3. The maximum atomic E-state index is 12.5. The Morgan fingerprint density at radius 2 is 2.32 bits per heavy atom. The van der Waals surface area contributed by atoms with Gasteiger partial charge in [-0.2, -0.15) is 0 Å². The molecule has 0 bridgehead atoms. The highest BCUT2D eigenvalue weighted by molar-refractivity contribution is 7.16. The van der Waals surface area contributed by atoms with E-state index in [-0.39, 0.29) is 17.4 Å². The Kier molecular flexibility index (Phi) is 4.54. The van der Waals surface area contributed by atoms with Gasteiger partial charge >= 0.3 is 0 Å². The minimum atomic E-state index is -0.364. The summed E-state index contributed by atoms with van der Waals surface area (Å²) in [5.74, 6) is 0.107. The molecule has 1 aromatic rings. The van der Waals surface area contributed by atoms with E-state index in [4.69, 9.17) is 17.3 Å². The van der Waals surface area contributed by atoms with E-state index >= 15 is 0 Å². The molecule has 1 heterocycles. The van der Waals surface area contributed by atoms with Crippen molar-refractivity contribution in [2.75, 3.05) is 7.05 Å². The summed E-state index contributed by atoms with van der Waals surface area (Å²) < 4.78 is 0.761. The molecular weight excluding hydrogens is 280 g/mol. The van der Waals surface area contributed by atoms with Crippen LogP contribution < -0.4 is 5.73 Å². The minimum absolute atomic E-state index is 0.0540. The molecule has 2 unspecified atom stereocenters. The van der Waals surface area contributed by atoms with Gasteiger partial charge < -0.3 is 10.6 Å². The smallest absolute Gasteiger partial charge is 0.227 e. The van der Waals surface area contributed by atoms with Crippen LogP contribution in [0.15, 0.2) is 12.1 Å². The van der Waals surface area contributed by atoms with E-state index in [9.17, 15) is 4.79 Å². The molecule has 19 heavy (non-hydrogen) atoms. The van der Waals surface area contributed by atoms with Crippen molar-refractivity contribution in [2.24, 2.45) is 11.7 Å². The van der Waals surface area contributed by atoms with Gasteiger partial charge in [-0.3, -0.25) is 4.79 Å². The average molecular weight is 301 g/mol. The van der Waals surface area contributed by atoms with Crippen molar-refractivity contribution in [3.8, 4) is 0 Å². The zero-order valence-electron chi connectivity index (χ0n) is 11.5. The molecule has 3 nitrogen and oxygen atoms in total. The lowest BCUT2D eigenvalue weighted by molar-refractivity contribution is -0.138. The topological polar surface area (TPSA) is 46.3 Å². The lowest BCUT2D eigenvalue weighted by Gasteiger charge is -2.39. The third-order valence-electron chi connectivity index (χ3n) is 3.95. The summed E-state index contributed by atoms with van der Waals surface area (Å²) in [6.07, 6.45) is 4.06. The van der Waals surface area contributed by atoms with Gasteiger partial charge in [0.05, 0.1) is 16.8 Å². The number of nitrogens with zero attached hydrogens (tertiary/aromatic N) is 1. The molecule has 0 radical (unpaired) electrons. The molecule has 2 atom stereocenters. The van der Waals surface area contributed by atoms with Crippen LogP contribution in [-0.2, 0) is 11.3 Å². The second-order valence-corrected chi connectivity index (χ2v) is 7.50. The predicted molar refractivity (Wildman–Crippen MR) is 80.4 cm³/mol. The van der Waals surface area contributed by atoms with Crippen molar-refractivity contribution in [3.63, 3.8) is 0 Å². The van der Waals surface area contributed by atoms with Crippen molar-refractivity contribution in [1.82, 2.24) is 4.90 Å². The van der Waals surface area contributed by atoms with Crippen molar-refractivity contribution in [3.05, 3.63) is 21.3 Å². The Balaban J connectivity index is 2.02. The Bertz CT molecular complexity index is 458.